The van der Waals surface area contributed by atoms with Crippen LogP contribution >= 0.6 is 0 Å². The molecule has 0 aliphatic heterocycles. The first-order chi connectivity index (χ1) is 17.6. The van der Waals surface area contributed by atoms with E-state index in [0.717, 1.165) is 0 Å². The lowest BCUT2D eigenvalue weighted by molar-refractivity contribution is -0.139. The van der Waals surface area contributed by atoms with Crippen LogP contribution in [0.4, 0.5) is 10.2 Å². The summed E-state index contributed by atoms with van der Waals surface area (Å²) >= 11 is 0. The number of hydrogen-bond acceptors (Lipinski definition) is 6. The fourth-order valence-electron chi connectivity index (χ4n) is 3.93. The third kappa shape index (κ3) is 7.04. The normalized spacial score (nSPS) is 11.9. The molecule has 1 aromatic heterocycles. The van der Waals surface area contributed by atoms with E-state index in [1.807, 2.05) is 13.8 Å². The Labute approximate surface area is 214 Å². The molecule has 1 atom stereocenters. The van der Waals surface area contributed by atoms with Crippen LogP contribution in [-0.4, -0.2) is 40.6 Å². The molecule has 8 nitrogen and oxygen atoms in total. The van der Waals surface area contributed by atoms with Crippen molar-refractivity contribution < 1.29 is 23.8 Å². The number of rotatable bonds is 12. The van der Waals surface area contributed by atoms with E-state index in [0.29, 0.717) is 43.0 Å². The lowest BCUT2D eigenvalue weighted by atomic mass is 10.0. The molecule has 1 heterocycles. The molecule has 9 heteroatoms. The van der Waals surface area contributed by atoms with Gasteiger partial charge in [0.25, 0.3) is 5.56 Å². The minimum atomic E-state index is -0.863. The van der Waals surface area contributed by atoms with Gasteiger partial charge in [-0.25, -0.2) is 4.39 Å². The topological polar surface area (TPSA) is 124 Å². The molecule has 0 aliphatic carbocycles. The number of anilines is 1. The molecule has 3 rings (SSSR count). The molecule has 196 valence electrons. The second kappa shape index (κ2) is 12.3. The number of aliphatic carboxylic acids is 1. The number of carbonyl (C=O) groups is 2. The number of pyridine rings is 1. The van der Waals surface area contributed by atoms with Crippen LogP contribution in [0.5, 0.6) is 5.75 Å². The Morgan fingerprint density at radius 3 is 2.43 bits per heavy atom. The van der Waals surface area contributed by atoms with Gasteiger partial charge in [-0.2, -0.15) is 0 Å². The summed E-state index contributed by atoms with van der Waals surface area (Å²) < 4.78 is 20.6. The first kappa shape index (κ1) is 27.6. The maximum Gasteiger partial charge on any atom is 0.320 e. The number of carboxylic acids is 1. The van der Waals surface area contributed by atoms with E-state index in [1.165, 1.54) is 34.9 Å². The Morgan fingerprint density at radius 2 is 1.81 bits per heavy atom. The van der Waals surface area contributed by atoms with E-state index in [1.54, 1.807) is 31.2 Å². The van der Waals surface area contributed by atoms with Gasteiger partial charge in [-0.3, -0.25) is 19.0 Å². The van der Waals surface area contributed by atoms with Gasteiger partial charge in [0.1, 0.15) is 23.4 Å². The Morgan fingerprint density at radius 1 is 1.11 bits per heavy atom. The van der Waals surface area contributed by atoms with Gasteiger partial charge in [-0.1, -0.05) is 13.8 Å². The zero-order chi connectivity index (χ0) is 27.1. The smallest absolute Gasteiger partial charge is 0.320 e. The van der Waals surface area contributed by atoms with Crippen LogP contribution in [0.15, 0.2) is 59.4 Å². The highest BCUT2D eigenvalue weighted by molar-refractivity contribution is 6.11. The van der Waals surface area contributed by atoms with Crippen LogP contribution < -0.4 is 21.3 Å². The molecular formula is C28H32FN3O5. The maximum atomic E-state index is 13.6. The number of ketones is 1. The van der Waals surface area contributed by atoms with E-state index in [-0.39, 0.29) is 22.9 Å². The molecule has 0 bridgehead atoms. The van der Waals surface area contributed by atoms with Crippen molar-refractivity contribution in [3.63, 3.8) is 0 Å². The van der Waals surface area contributed by atoms with Gasteiger partial charge in [0.05, 0.1) is 17.9 Å². The zero-order valence-corrected chi connectivity index (χ0v) is 21.2. The fourth-order valence-corrected chi connectivity index (χ4v) is 3.93. The van der Waals surface area contributed by atoms with Crippen molar-refractivity contribution in [2.75, 3.05) is 18.9 Å². The van der Waals surface area contributed by atoms with Crippen molar-refractivity contribution >= 4 is 17.6 Å². The monoisotopic (exact) mass is 509 g/mol. The van der Waals surface area contributed by atoms with Gasteiger partial charge in [-0.05, 0) is 86.3 Å². The van der Waals surface area contributed by atoms with Gasteiger partial charge in [0.15, 0.2) is 5.78 Å². The van der Waals surface area contributed by atoms with Gasteiger partial charge >= 0.3 is 5.97 Å². The molecule has 0 amide bonds. The van der Waals surface area contributed by atoms with E-state index in [4.69, 9.17) is 10.5 Å². The molecule has 4 N–H and O–H groups in total. The number of carboxylic acid groups (broad SMARTS) is 1. The molecule has 0 fully saturated rings. The summed E-state index contributed by atoms with van der Waals surface area (Å²) in [5.41, 5.74) is 7.03. The number of halogens is 1. The summed E-state index contributed by atoms with van der Waals surface area (Å²) in [6.45, 7) is 6.40. The molecule has 37 heavy (non-hydrogen) atoms. The Kier molecular flexibility index (Phi) is 9.19. The Hall–Kier alpha value is -3.98. The highest BCUT2D eigenvalue weighted by Crippen LogP contribution is 2.22. The summed E-state index contributed by atoms with van der Waals surface area (Å²) in [5.74, 6) is -0.867. The van der Waals surface area contributed by atoms with Crippen LogP contribution in [-0.2, 0) is 4.79 Å². The lowest BCUT2D eigenvalue weighted by Crippen LogP contribution is -2.38. The Bertz CT molecular complexity index is 1320. The van der Waals surface area contributed by atoms with E-state index in [2.05, 4.69) is 5.32 Å². The number of aromatic nitrogens is 1. The predicted molar refractivity (Wildman–Crippen MR) is 140 cm³/mol. The highest BCUT2D eigenvalue weighted by atomic mass is 19.1. The number of nitrogens with zero attached hydrogens (tertiary/aromatic N) is 1. The van der Waals surface area contributed by atoms with Crippen LogP contribution in [0.25, 0.3) is 5.69 Å². The van der Waals surface area contributed by atoms with Crippen molar-refractivity contribution in [3.8, 4) is 11.4 Å². The summed E-state index contributed by atoms with van der Waals surface area (Å²) in [4.78, 5) is 36.9. The quantitative estimate of drug-likeness (QED) is 0.249. The standard InChI is InChI=1S/C28H32FN3O5/c1-17(2)15-24(28(35)36)31-13-4-14-37-21-8-6-20(7-9-21)32-25(33)12-10-22(27(32)30)26(34)19-5-11-23(29)18(3)16-19/h5-12,16-17,24,31H,4,13-15,30H2,1-3H3,(H,35,36). The number of nitrogen functional groups attached to an aromatic ring is 1. The lowest BCUT2D eigenvalue weighted by Gasteiger charge is -2.16. The van der Waals surface area contributed by atoms with Gasteiger partial charge in [0.2, 0.25) is 0 Å². The second-order valence-electron chi connectivity index (χ2n) is 9.27. The van der Waals surface area contributed by atoms with Crippen molar-refractivity contribution in [2.45, 2.75) is 39.7 Å². The fraction of sp³-hybridized carbons (Fsp3) is 0.321. The number of nitrogens with one attached hydrogen (secondary N) is 1. The number of aryl methyl sites for hydroxylation is 1. The number of hydrogen-bond donors (Lipinski definition) is 3. The molecule has 0 spiro atoms. The van der Waals surface area contributed by atoms with Crippen molar-refractivity contribution in [1.29, 1.82) is 0 Å². The van der Waals surface area contributed by atoms with Crippen molar-refractivity contribution in [3.05, 3.63) is 87.5 Å². The van der Waals surface area contributed by atoms with Gasteiger partial charge in [-0.15, -0.1) is 0 Å². The van der Waals surface area contributed by atoms with Gasteiger partial charge < -0.3 is 20.9 Å². The minimum absolute atomic E-state index is 0.0198. The average molecular weight is 510 g/mol. The van der Waals surface area contributed by atoms with E-state index in [9.17, 15) is 23.9 Å². The van der Waals surface area contributed by atoms with Crippen molar-refractivity contribution in [2.24, 2.45) is 5.92 Å². The number of ether oxygens (including phenoxy) is 1. The SMILES string of the molecule is Cc1cc(C(=O)c2ccc(=O)n(-c3ccc(OCCCNC(CC(C)C)C(=O)O)cc3)c2N)ccc1F. The van der Waals surface area contributed by atoms with Crippen LogP contribution in [0.3, 0.4) is 0 Å². The summed E-state index contributed by atoms with van der Waals surface area (Å²) in [6, 6.07) is 12.8. The highest BCUT2D eigenvalue weighted by Gasteiger charge is 2.19. The second-order valence-corrected chi connectivity index (χ2v) is 9.27. The molecule has 2 aromatic carbocycles. The van der Waals surface area contributed by atoms with Crippen LogP contribution in [0.1, 0.15) is 48.2 Å². The van der Waals surface area contributed by atoms with Crippen molar-refractivity contribution in [1.82, 2.24) is 9.88 Å². The summed E-state index contributed by atoms with van der Waals surface area (Å²) in [6.07, 6.45) is 1.17. The third-order valence-electron chi connectivity index (χ3n) is 5.88. The van der Waals surface area contributed by atoms with Crippen LogP contribution in [0.2, 0.25) is 0 Å². The number of carbonyl (C=O) groups excluding carboxylic acids is 1. The summed E-state index contributed by atoms with van der Waals surface area (Å²) in [7, 11) is 0. The summed E-state index contributed by atoms with van der Waals surface area (Å²) in [5, 5.41) is 12.3. The van der Waals surface area contributed by atoms with Gasteiger partial charge in [0, 0.05) is 11.6 Å². The Balaban J connectivity index is 1.66. The molecular weight excluding hydrogens is 477 g/mol. The molecule has 0 aliphatic rings. The molecule has 1 unspecified atom stereocenters. The molecule has 3 aromatic rings. The molecule has 0 saturated carbocycles. The first-order valence-corrected chi connectivity index (χ1v) is 12.1. The maximum absolute atomic E-state index is 13.6. The first-order valence-electron chi connectivity index (χ1n) is 12.1. The van der Waals surface area contributed by atoms with E-state index < -0.39 is 29.2 Å². The number of benzene rings is 2. The zero-order valence-electron chi connectivity index (χ0n) is 21.2. The number of nitrogens with two attached hydrogens (primary N) is 1. The molecule has 0 radical (unpaired) electrons. The largest absolute Gasteiger partial charge is 0.494 e. The average Bonchev–Trinajstić information content (AvgIpc) is 2.85. The van der Waals surface area contributed by atoms with E-state index >= 15 is 0 Å². The van der Waals surface area contributed by atoms with Crippen LogP contribution in [0, 0.1) is 18.7 Å². The third-order valence-corrected chi connectivity index (χ3v) is 5.88. The molecule has 0 saturated heterocycles. The predicted octanol–water partition coefficient (Wildman–Crippen LogP) is 3.96. The minimum Gasteiger partial charge on any atom is -0.494 e.